The molecule has 0 saturated heterocycles. The monoisotopic (exact) mass is 288 g/mol. The maximum absolute atomic E-state index is 11.9. The summed E-state index contributed by atoms with van der Waals surface area (Å²) in [5.74, 6) is 0.450. The number of aromatic nitrogens is 1. The van der Waals surface area contributed by atoms with Gasteiger partial charge in [0.2, 0.25) is 10.0 Å². The van der Waals surface area contributed by atoms with E-state index in [9.17, 15) is 8.42 Å². The number of nitrogens with zero attached hydrogens (tertiary/aromatic N) is 1. The first-order chi connectivity index (χ1) is 8.62. The average Bonchev–Trinajstić information content (AvgIpc) is 2.98. The molecule has 18 heavy (non-hydrogen) atoms. The minimum atomic E-state index is -3.53. The predicted molar refractivity (Wildman–Crippen MR) is 65.6 cm³/mol. The van der Waals surface area contributed by atoms with Crippen LogP contribution in [0.1, 0.15) is 10.6 Å². The van der Waals surface area contributed by atoms with Gasteiger partial charge in [-0.3, -0.25) is 0 Å². The molecule has 8 heteroatoms. The van der Waals surface area contributed by atoms with Gasteiger partial charge in [-0.2, -0.15) is 0 Å². The van der Waals surface area contributed by atoms with Crippen LogP contribution in [-0.4, -0.2) is 25.3 Å². The number of hydrogen-bond acceptors (Lipinski definition) is 6. The molecule has 0 radical (unpaired) electrons. The minimum Gasteiger partial charge on any atom is -0.396 e. The van der Waals surface area contributed by atoms with E-state index in [2.05, 4.69) is 9.88 Å². The highest BCUT2D eigenvalue weighted by atomic mass is 32.2. The average molecular weight is 288 g/mol. The Hall–Kier alpha value is -1.22. The number of aliphatic hydroxyl groups is 1. The molecule has 6 nitrogen and oxygen atoms in total. The normalized spacial score (nSPS) is 11.8. The molecule has 0 aliphatic rings. The SMILES string of the molecule is O=S(=O)(NCc1ccno1)c1ccc(CCO)s1. The third kappa shape index (κ3) is 3.16. The smallest absolute Gasteiger partial charge is 0.250 e. The largest absolute Gasteiger partial charge is 0.396 e. The van der Waals surface area contributed by atoms with Gasteiger partial charge in [0.05, 0.1) is 12.7 Å². The topological polar surface area (TPSA) is 92.4 Å². The van der Waals surface area contributed by atoms with Crippen molar-refractivity contribution >= 4 is 21.4 Å². The summed E-state index contributed by atoms with van der Waals surface area (Å²) in [7, 11) is -3.53. The first-order valence-corrected chi connectivity index (χ1v) is 7.50. The van der Waals surface area contributed by atoms with Gasteiger partial charge in [-0.15, -0.1) is 11.3 Å². The molecule has 0 saturated carbocycles. The lowest BCUT2D eigenvalue weighted by Crippen LogP contribution is -2.22. The van der Waals surface area contributed by atoms with Crippen LogP contribution in [0.2, 0.25) is 0 Å². The molecule has 0 amide bonds. The molecular weight excluding hydrogens is 276 g/mol. The van der Waals surface area contributed by atoms with Gasteiger partial charge in [0.25, 0.3) is 0 Å². The fourth-order valence-corrected chi connectivity index (χ4v) is 3.70. The molecule has 0 bridgehead atoms. The molecule has 0 fully saturated rings. The van der Waals surface area contributed by atoms with Crippen LogP contribution >= 0.6 is 11.3 Å². The van der Waals surface area contributed by atoms with E-state index in [1.807, 2.05) is 0 Å². The van der Waals surface area contributed by atoms with Crippen molar-refractivity contribution in [3.63, 3.8) is 0 Å². The Balaban J connectivity index is 2.05. The second-order valence-corrected chi connectivity index (χ2v) is 6.66. The summed E-state index contributed by atoms with van der Waals surface area (Å²) < 4.78 is 31.3. The van der Waals surface area contributed by atoms with Gasteiger partial charge in [-0.1, -0.05) is 5.16 Å². The van der Waals surface area contributed by atoms with E-state index in [4.69, 9.17) is 9.63 Å². The summed E-state index contributed by atoms with van der Waals surface area (Å²) in [6, 6.07) is 4.82. The Morgan fingerprint density at radius 2 is 2.22 bits per heavy atom. The zero-order valence-electron chi connectivity index (χ0n) is 9.37. The summed E-state index contributed by atoms with van der Waals surface area (Å²) >= 11 is 1.14. The van der Waals surface area contributed by atoms with Gasteiger partial charge in [-0.25, -0.2) is 13.1 Å². The van der Waals surface area contributed by atoms with Crippen molar-refractivity contribution in [1.82, 2.24) is 9.88 Å². The third-order valence-corrected chi connectivity index (χ3v) is 5.23. The standard InChI is InChI=1S/C10H12N2O4S2/c13-6-4-9-1-2-10(17-9)18(14,15)12-7-8-3-5-11-16-8/h1-3,5,12-13H,4,6-7H2. The van der Waals surface area contributed by atoms with E-state index in [0.29, 0.717) is 12.2 Å². The number of nitrogens with one attached hydrogen (secondary N) is 1. The molecule has 0 aliphatic carbocycles. The van der Waals surface area contributed by atoms with Gasteiger partial charge in [0.15, 0.2) is 5.76 Å². The van der Waals surface area contributed by atoms with Crippen LogP contribution in [0.5, 0.6) is 0 Å². The molecule has 0 atom stereocenters. The maximum atomic E-state index is 11.9. The third-order valence-electron chi connectivity index (χ3n) is 2.19. The summed E-state index contributed by atoms with van der Waals surface area (Å²) in [6.45, 7) is 0.0705. The summed E-state index contributed by atoms with van der Waals surface area (Å²) in [5.41, 5.74) is 0. The van der Waals surface area contributed by atoms with Crippen molar-refractivity contribution in [2.45, 2.75) is 17.2 Å². The van der Waals surface area contributed by atoms with E-state index in [1.165, 1.54) is 12.3 Å². The maximum Gasteiger partial charge on any atom is 0.250 e. The van der Waals surface area contributed by atoms with Crippen LogP contribution in [0, 0.1) is 0 Å². The first kappa shape index (κ1) is 13.2. The van der Waals surface area contributed by atoms with Crippen molar-refractivity contribution in [3.8, 4) is 0 Å². The van der Waals surface area contributed by atoms with E-state index >= 15 is 0 Å². The lowest BCUT2D eigenvalue weighted by Gasteiger charge is -2.01. The molecule has 2 heterocycles. The van der Waals surface area contributed by atoms with Crippen molar-refractivity contribution in [2.24, 2.45) is 0 Å². The van der Waals surface area contributed by atoms with Gasteiger partial charge in [0, 0.05) is 24.0 Å². The van der Waals surface area contributed by atoms with Crippen LogP contribution in [-0.2, 0) is 23.0 Å². The number of aliphatic hydroxyl groups excluding tert-OH is 1. The summed E-state index contributed by atoms with van der Waals surface area (Å²) in [5, 5.41) is 12.3. The van der Waals surface area contributed by atoms with E-state index in [-0.39, 0.29) is 17.4 Å². The van der Waals surface area contributed by atoms with Crippen LogP contribution in [0.25, 0.3) is 0 Å². The summed E-state index contributed by atoms with van der Waals surface area (Å²) in [4.78, 5) is 0.831. The number of hydrogen-bond donors (Lipinski definition) is 2. The molecular formula is C10H12N2O4S2. The number of rotatable bonds is 6. The van der Waals surface area contributed by atoms with Gasteiger partial charge >= 0.3 is 0 Å². The zero-order chi connectivity index (χ0) is 13.0. The van der Waals surface area contributed by atoms with Crippen LogP contribution < -0.4 is 4.72 Å². The first-order valence-electron chi connectivity index (χ1n) is 5.20. The molecule has 0 unspecified atom stereocenters. The van der Waals surface area contributed by atoms with E-state index in [1.54, 1.807) is 12.1 Å². The minimum absolute atomic E-state index is 0.00545. The molecule has 2 aromatic rings. The second kappa shape index (κ2) is 5.61. The van der Waals surface area contributed by atoms with Crippen molar-refractivity contribution in [1.29, 1.82) is 0 Å². The summed E-state index contributed by atoms with van der Waals surface area (Å²) in [6.07, 6.45) is 1.91. The van der Waals surface area contributed by atoms with Crippen LogP contribution in [0.4, 0.5) is 0 Å². The molecule has 98 valence electrons. The molecule has 0 spiro atoms. The quantitative estimate of drug-likeness (QED) is 0.818. The van der Waals surface area contributed by atoms with Gasteiger partial charge in [-0.05, 0) is 12.1 Å². The number of sulfonamides is 1. The highest BCUT2D eigenvalue weighted by Crippen LogP contribution is 2.21. The Bertz CT molecular complexity index is 589. The fraction of sp³-hybridized carbons (Fsp3) is 0.300. The lowest BCUT2D eigenvalue weighted by molar-refractivity contribution is 0.300. The molecule has 0 aliphatic heterocycles. The Labute approximate surface area is 108 Å². The van der Waals surface area contributed by atoms with Crippen molar-refractivity contribution in [2.75, 3.05) is 6.61 Å². The van der Waals surface area contributed by atoms with E-state index < -0.39 is 10.0 Å². The number of thiophene rings is 1. The Kier molecular flexibility index (Phi) is 4.12. The fourth-order valence-electron chi connectivity index (χ4n) is 1.32. The Morgan fingerprint density at radius 3 is 2.89 bits per heavy atom. The molecule has 2 N–H and O–H groups in total. The van der Waals surface area contributed by atoms with Crippen molar-refractivity contribution < 1.29 is 18.0 Å². The highest BCUT2D eigenvalue weighted by molar-refractivity contribution is 7.91. The van der Waals surface area contributed by atoms with Gasteiger partial charge < -0.3 is 9.63 Å². The second-order valence-electron chi connectivity index (χ2n) is 3.50. The van der Waals surface area contributed by atoms with Crippen LogP contribution in [0.15, 0.2) is 33.1 Å². The molecule has 2 aromatic heterocycles. The van der Waals surface area contributed by atoms with Gasteiger partial charge in [0.1, 0.15) is 4.21 Å². The zero-order valence-corrected chi connectivity index (χ0v) is 11.0. The van der Waals surface area contributed by atoms with Crippen molar-refractivity contribution in [3.05, 3.63) is 35.0 Å². The van der Waals surface area contributed by atoms with Crippen LogP contribution in [0.3, 0.4) is 0 Å². The highest BCUT2D eigenvalue weighted by Gasteiger charge is 2.17. The van der Waals surface area contributed by atoms with E-state index in [0.717, 1.165) is 16.2 Å². The molecule has 0 aromatic carbocycles. The molecule has 2 rings (SSSR count). The lowest BCUT2D eigenvalue weighted by atomic mass is 10.4. The Morgan fingerprint density at radius 1 is 1.39 bits per heavy atom. The predicted octanol–water partition coefficient (Wildman–Crippen LogP) is 0.749.